The number of benzene rings is 3. The normalized spacial score (nSPS) is 13.1. The van der Waals surface area contributed by atoms with Crippen LogP contribution in [0.25, 0.3) is 11.3 Å². The fourth-order valence-electron chi connectivity index (χ4n) is 4.94. The van der Waals surface area contributed by atoms with E-state index in [1.807, 2.05) is 23.9 Å². The van der Waals surface area contributed by atoms with Gasteiger partial charge in [0.1, 0.15) is 28.5 Å². The third kappa shape index (κ3) is 5.95. The predicted octanol–water partition coefficient (Wildman–Crippen LogP) is 5.20. The van der Waals surface area contributed by atoms with Crippen molar-refractivity contribution >= 4 is 46.2 Å². The molecule has 2 amide bonds. The second-order valence-corrected chi connectivity index (χ2v) is 10.6. The third-order valence-corrected chi connectivity index (χ3v) is 7.60. The van der Waals surface area contributed by atoms with Gasteiger partial charge in [0.05, 0.1) is 15.6 Å². The van der Waals surface area contributed by atoms with Gasteiger partial charge < -0.3 is 29.6 Å². The Kier molecular flexibility index (Phi) is 8.22. The van der Waals surface area contributed by atoms with Crippen LogP contribution in [0.2, 0.25) is 5.02 Å². The molecule has 222 valence electrons. The molecule has 13 heteroatoms. The Hall–Kier alpha value is -5.10. The number of piperazine rings is 1. The Morgan fingerprint density at radius 3 is 2.37 bits per heavy atom. The number of carbonyl (C=O) groups excluding carboxylic acids is 2. The first kappa shape index (κ1) is 29.4. The second-order valence-electron chi connectivity index (χ2n) is 10.2. The first-order valence-electron chi connectivity index (χ1n) is 13.4. The lowest BCUT2D eigenvalue weighted by molar-refractivity contribution is -0.383. The summed E-state index contributed by atoms with van der Waals surface area (Å²) in [6.07, 6.45) is 0. The van der Waals surface area contributed by atoms with E-state index in [2.05, 4.69) is 10.5 Å². The van der Waals surface area contributed by atoms with Gasteiger partial charge in [0.15, 0.2) is 0 Å². The number of amides is 2. The number of nitrogens with zero attached hydrogens (tertiary/aromatic N) is 5. The lowest BCUT2D eigenvalue weighted by Crippen LogP contribution is -2.49. The molecule has 5 rings (SSSR count). The maximum absolute atomic E-state index is 13.6. The number of halogens is 1. The van der Waals surface area contributed by atoms with Gasteiger partial charge in [-0.05, 0) is 49.4 Å². The predicted molar refractivity (Wildman–Crippen MR) is 163 cm³/mol. The summed E-state index contributed by atoms with van der Waals surface area (Å²) in [6.45, 7) is 3.02. The lowest BCUT2D eigenvalue weighted by atomic mass is 10.0. The summed E-state index contributed by atoms with van der Waals surface area (Å²) in [5.74, 6) is -0.474. The van der Waals surface area contributed by atoms with Gasteiger partial charge in [-0.1, -0.05) is 28.9 Å². The second kappa shape index (κ2) is 12.0. The number of para-hydroxylation sites is 1. The van der Waals surface area contributed by atoms with Gasteiger partial charge >= 0.3 is 0 Å². The van der Waals surface area contributed by atoms with Crippen molar-refractivity contribution in [3.05, 3.63) is 92.7 Å². The van der Waals surface area contributed by atoms with Crippen molar-refractivity contribution in [3.63, 3.8) is 0 Å². The number of phenols is 1. The fourth-order valence-corrected chi connectivity index (χ4v) is 5.22. The quantitative estimate of drug-likeness (QED) is 0.215. The molecule has 0 saturated carbocycles. The molecular formula is C30H29ClN6O6. The van der Waals surface area contributed by atoms with Gasteiger partial charge in [-0.3, -0.25) is 19.7 Å². The maximum atomic E-state index is 13.6. The van der Waals surface area contributed by atoms with Crippen molar-refractivity contribution < 1.29 is 24.1 Å². The average molecular weight is 605 g/mol. The van der Waals surface area contributed by atoms with E-state index in [4.69, 9.17) is 16.1 Å². The Bertz CT molecular complexity index is 1700. The van der Waals surface area contributed by atoms with E-state index in [-0.39, 0.29) is 39.3 Å². The molecule has 1 aromatic heterocycles. The van der Waals surface area contributed by atoms with Crippen molar-refractivity contribution in [1.82, 2.24) is 10.1 Å². The minimum atomic E-state index is -0.597. The van der Waals surface area contributed by atoms with Crippen LogP contribution in [0.3, 0.4) is 0 Å². The highest BCUT2D eigenvalue weighted by Gasteiger charge is 2.31. The van der Waals surface area contributed by atoms with Crippen LogP contribution in [-0.4, -0.2) is 72.2 Å². The fraction of sp³-hybridized carbons (Fsp3) is 0.233. The highest BCUT2D eigenvalue weighted by molar-refractivity contribution is 6.33. The van der Waals surface area contributed by atoms with E-state index >= 15 is 0 Å². The molecule has 0 bridgehead atoms. The molecule has 0 aliphatic carbocycles. The number of hydrogen-bond acceptors (Lipinski definition) is 9. The Morgan fingerprint density at radius 2 is 1.74 bits per heavy atom. The molecule has 1 aliphatic rings. The van der Waals surface area contributed by atoms with Crippen molar-refractivity contribution in [2.45, 2.75) is 6.92 Å². The Morgan fingerprint density at radius 1 is 1.07 bits per heavy atom. The summed E-state index contributed by atoms with van der Waals surface area (Å²) < 4.78 is 5.32. The van der Waals surface area contributed by atoms with Crippen LogP contribution in [-0.2, 0) is 0 Å². The summed E-state index contributed by atoms with van der Waals surface area (Å²) in [6, 6.07) is 16.1. The summed E-state index contributed by atoms with van der Waals surface area (Å²) in [7, 11) is 3.76. The number of nitrogens with one attached hydrogen (secondary N) is 1. The monoisotopic (exact) mass is 604 g/mol. The van der Waals surface area contributed by atoms with Crippen LogP contribution >= 0.6 is 11.6 Å². The number of aryl methyl sites for hydroxylation is 1. The molecule has 2 N–H and O–H groups in total. The highest BCUT2D eigenvalue weighted by Crippen LogP contribution is 2.38. The smallest absolute Gasteiger partial charge is 0.294 e. The first-order valence-corrected chi connectivity index (χ1v) is 13.8. The number of carbonyl (C=O) groups is 2. The van der Waals surface area contributed by atoms with E-state index in [0.29, 0.717) is 48.8 Å². The minimum Gasteiger partial charge on any atom is -0.507 e. The molecule has 1 aliphatic heterocycles. The molecule has 3 aromatic carbocycles. The standard InChI is InChI=1S/C30H29ClN6O6/c1-18-27(28(33-43-18)21-6-4-5-7-26(21)38)30(40)36-14-12-35(13-15-36)24-17-23(25(37(41)42)16-22(24)31)32-29(39)19-8-10-20(11-9-19)34(2)3/h4-11,16-17,38H,12-15H2,1-3H3,(H,32,39). The van der Waals surface area contributed by atoms with Gasteiger partial charge in [0.25, 0.3) is 17.5 Å². The summed E-state index contributed by atoms with van der Waals surface area (Å²) in [4.78, 5) is 43.2. The number of anilines is 3. The van der Waals surface area contributed by atoms with Gasteiger partial charge in [-0.2, -0.15) is 0 Å². The summed E-state index contributed by atoms with van der Waals surface area (Å²) >= 11 is 6.50. The van der Waals surface area contributed by atoms with Crippen LogP contribution in [0.4, 0.5) is 22.7 Å². The van der Waals surface area contributed by atoms with Crippen LogP contribution in [0.1, 0.15) is 26.5 Å². The number of aromatic hydroxyl groups is 1. The van der Waals surface area contributed by atoms with Crippen LogP contribution in [0.5, 0.6) is 5.75 Å². The molecule has 43 heavy (non-hydrogen) atoms. The molecule has 0 radical (unpaired) electrons. The average Bonchev–Trinajstić information content (AvgIpc) is 3.38. The molecule has 4 aromatic rings. The van der Waals surface area contributed by atoms with Gasteiger partial charge in [0, 0.05) is 63.2 Å². The largest absolute Gasteiger partial charge is 0.507 e. The third-order valence-electron chi connectivity index (χ3n) is 7.30. The topological polar surface area (TPSA) is 145 Å². The van der Waals surface area contributed by atoms with Gasteiger partial charge in [0.2, 0.25) is 0 Å². The van der Waals surface area contributed by atoms with Crippen LogP contribution in [0.15, 0.2) is 65.2 Å². The van der Waals surface area contributed by atoms with E-state index in [0.717, 1.165) is 5.69 Å². The molecule has 12 nitrogen and oxygen atoms in total. The number of nitro groups is 1. The SMILES string of the molecule is Cc1onc(-c2ccccc2O)c1C(=O)N1CCN(c2cc(NC(=O)c3ccc(N(C)C)cc3)c([N+](=O)[O-])cc2Cl)CC1. The molecule has 2 heterocycles. The zero-order valence-electron chi connectivity index (χ0n) is 23.7. The van der Waals surface area contributed by atoms with Gasteiger partial charge in [-0.15, -0.1) is 0 Å². The van der Waals surface area contributed by atoms with E-state index in [1.54, 1.807) is 54.3 Å². The van der Waals surface area contributed by atoms with Gasteiger partial charge in [-0.25, -0.2) is 0 Å². The molecule has 0 spiro atoms. The van der Waals surface area contributed by atoms with Crippen LogP contribution in [0, 0.1) is 17.0 Å². The lowest BCUT2D eigenvalue weighted by Gasteiger charge is -2.36. The minimum absolute atomic E-state index is 0.0111. The maximum Gasteiger partial charge on any atom is 0.294 e. The van der Waals surface area contributed by atoms with Crippen LogP contribution < -0.4 is 15.1 Å². The number of aromatic nitrogens is 1. The number of hydrogen-bond donors (Lipinski definition) is 2. The van der Waals surface area contributed by atoms with E-state index in [9.17, 15) is 24.8 Å². The molecular weight excluding hydrogens is 576 g/mol. The van der Waals surface area contributed by atoms with E-state index < -0.39 is 10.8 Å². The number of rotatable bonds is 7. The summed E-state index contributed by atoms with van der Waals surface area (Å²) in [5.41, 5.74) is 2.34. The first-order chi connectivity index (χ1) is 20.5. The van der Waals surface area contributed by atoms with Crippen molar-refractivity contribution in [3.8, 4) is 17.0 Å². The number of nitro benzene ring substituents is 1. The zero-order valence-corrected chi connectivity index (χ0v) is 24.5. The zero-order chi connectivity index (χ0) is 30.8. The van der Waals surface area contributed by atoms with E-state index in [1.165, 1.54) is 18.2 Å². The Balaban J connectivity index is 1.34. The molecule has 1 fully saturated rings. The Labute approximate surface area is 252 Å². The summed E-state index contributed by atoms with van der Waals surface area (Å²) in [5, 5.41) is 29.0. The molecule has 0 atom stereocenters. The molecule has 0 unspecified atom stereocenters. The van der Waals surface area contributed by atoms with Crippen molar-refractivity contribution in [2.24, 2.45) is 0 Å². The molecule has 1 saturated heterocycles. The van der Waals surface area contributed by atoms with Crippen molar-refractivity contribution in [1.29, 1.82) is 0 Å². The highest BCUT2D eigenvalue weighted by atomic mass is 35.5. The number of phenolic OH excluding ortho intramolecular Hbond substituents is 1. The van der Waals surface area contributed by atoms with Crippen molar-refractivity contribution in [2.75, 3.05) is 55.4 Å².